The first-order chi connectivity index (χ1) is 9.45. The lowest BCUT2D eigenvalue weighted by Gasteiger charge is -2.25. The fourth-order valence-corrected chi connectivity index (χ4v) is 2.39. The van der Waals surface area contributed by atoms with Gasteiger partial charge in [-0.15, -0.1) is 0 Å². The number of halogens is 3. The highest BCUT2D eigenvalue weighted by molar-refractivity contribution is 5.95. The first-order valence-corrected chi connectivity index (χ1v) is 6.58. The number of hydrogen-bond donors (Lipinski definition) is 2. The minimum atomic E-state index is -4.60. The quantitative estimate of drug-likeness (QED) is 0.888. The van der Waals surface area contributed by atoms with Crippen molar-refractivity contribution in [2.75, 3.05) is 19.6 Å². The number of rotatable bonds is 3. The van der Waals surface area contributed by atoms with Gasteiger partial charge in [0, 0.05) is 13.1 Å². The van der Waals surface area contributed by atoms with Gasteiger partial charge in [0.15, 0.2) is 5.69 Å². The zero-order valence-electron chi connectivity index (χ0n) is 11.1. The van der Waals surface area contributed by atoms with E-state index in [9.17, 15) is 18.0 Å². The van der Waals surface area contributed by atoms with Gasteiger partial charge in [0.2, 0.25) is 0 Å². The van der Waals surface area contributed by atoms with E-state index >= 15 is 0 Å². The molecule has 2 rings (SSSR count). The van der Waals surface area contributed by atoms with Crippen LogP contribution in [0, 0.1) is 0 Å². The molecule has 0 bridgehead atoms. The van der Waals surface area contributed by atoms with Crippen molar-refractivity contribution in [2.24, 2.45) is 0 Å². The molecule has 1 atom stereocenters. The summed E-state index contributed by atoms with van der Waals surface area (Å²) < 4.78 is 40.7. The largest absolute Gasteiger partial charge is 0.433 e. The van der Waals surface area contributed by atoms with E-state index in [0.29, 0.717) is 13.0 Å². The molecule has 1 aliphatic rings. The van der Waals surface area contributed by atoms with Crippen molar-refractivity contribution >= 4 is 5.91 Å². The third-order valence-electron chi connectivity index (χ3n) is 3.26. The van der Waals surface area contributed by atoms with Gasteiger partial charge in [-0.1, -0.05) is 0 Å². The summed E-state index contributed by atoms with van der Waals surface area (Å²) in [5, 5.41) is 9.23. The fourth-order valence-electron chi connectivity index (χ4n) is 2.39. The normalized spacial score (nSPS) is 19.9. The molecule has 2 N–H and O–H groups in total. The molecular formula is C12H17F3N4O. The Morgan fingerprint density at radius 2 is 2.35 bits per heavy atom. The average Bonchev–Trinajstić information content (AvgIpc) is 2.84. The Kier molecular flexibility index (Phi) is 4.32. The molecule has 1 aromatic heterocycles. The number of carbonyl (C=O) groups is 1. The monoisotopic (exact) mass is 290 g/mol. The van der Waals surface area contributed by atoms with Gasteiger partial charge in [0.25, 0.3) is 5.91 Å². The van der Waals surface area contributed by atoms with Crippen LogP contribution in [0.4, 0.5) is 13.2 Å². The fraction of sp³-hybridized carbons (Fsp3) is 0.667. The molecule has 2 heterocycles. The Labute approximate surface area is 114 Å². The molecule has 0 aromatic carbocycles. The van der Waals surface area contributed by atoms with Crippen molar-refractivity contribution in [1.82, 2.24) is 20.4 Å². The van der Waals surface area contributed by atoms with Crippen LogP contribution in [0.1, 0.15) is 41.9 Å². The van der Waals surface area contributed by atoms with Crippen LogP contribution >= 0.6 is 0 Å². The maximum atomic E-state index is 13.2. The molecule has 112 valence electrons. The van der Waals surface area contributed by atoms with Gasteiger partial charge in [-0.3, -0.25) is 9.48 Å². The third-order valence-corrected chi connectivity index (χ3v) is 3.26. The number of carbonyl (C=O) groups excluding carboxylic acids is 1. The minimum Gasteiger partial charge on any atom is -0.352 e. The standard InChI is InChI=1S/C12H17F3N4O/c1-2-17-11(20)9-7-18-19(10(9)12(13,14)15)8-4-3-5-16-6-8/h7-8,16H,2-6H2,1H3,(H,17,20). The van der Waals surface area contributed by atoms with E-state index in [-0.39, 0.29) is 12.6 Å². The van der Waals surface area contributed by atoms with Crippen molar-refractivity contribution in [3.63, 3.8) is 0 Å². The second kappa shape index (κ2) is 5.82. The van der Waals surface area contributed by atoms with Crippen molar-refractivity contribution in [2.45, 2.75) is 32.0 Å². The Bertz CT molecular complexity index is 478. The number of nitrogens with zero attached hydrogens (tertiary/aromatic N) is 2. The Morgan fingerprint density at radius 1 is 1.60 bits per heavy atom. The van der Waals surface area contributed by atoms with Gasteiger partial charge in [0.05, 0.1) is 17.8 Å². The Morgan fingerprint density at radius 3 is 2.90 bits per heavy atom. The van der Waals surface area contributed by atoms with E-state index in [1.165, 1.54) is 0 Å². The van der Waals surface area contributed by atoms with Gasteiger partial charge in [-0.25, -0.2) is 0 Å². The highest BCUT2D eigenvalue weighted by atomic mass is 19.4. The molecule has 20 heavy (non-hydrogen) atoms. The predicted octanol–water partition coefficient (Wildman–Crippen LogP) is 1.58. The van der Waals surface area contributed by atoms with Crippen molar-refractivity contribution in [3.05, 3.63) is 17.5 Å². The SMILES string of the molecule is CCNC(=O)c1cnn(C2CCCNC2)c1C(F)(F)F. The molecule has 1 saturated heterocycles. The lowest BCUT2D eigenvalue weighted by molar-refractivity contribution is -0.145. The van der Waals surface area contributed by atoms with Gasteiger partial charge in [-0.2, -0.15) is 18.3 Å². The van der Waals surface area contributed by atoms with Crippen LogP contribution in [-0.4, -0.2) is 35.3 Å². The Hall–Kier alpha value is -1.57. The van der Waals surface area contributed by atoms with Crippen LogP contribution < -0.4 is 10.6 Å². The average molecular weight is 290 g/mol. The number of alkyl halides is 3. The highest BCUT2D eigenvalue weighted by Crippen LogP contribution is 2.34. The molecule has 0 spiro atoms. The van der Waals surface area contributed by atoms with Crippen molar-refractivity contribution in [3.8, 4) is 0 Å². The summed E-state index contributed by atoms with van der Waals surface area (Å²) in [7, 11) is 0. The second-order valence-corrected chi connectivity index (χ2v) is 4.71. The minimum absolute atomic E-state index is 0.270. The van der Waals surface area contributed by atoms with Crippen LogP contribution in [0.2, 0.25) is 0 Å². The Balaban J connectivity index is 2.39. The zero-order chi connectivity index (χ0) is 14.8. The van der Waals surface area contributed by atoms with E-state index in [0.717, 1.165) is 23.8 Å². The molecule has 1 unspecified atom stereocenters. The molecule has 0 aliphatic carbocycles. The molecular weight excluding hydrogens is 273 g/mol. The third kappa shape index (κ3) is 2.95. The van der Waals surface area contributed by atoms with Gasteiger partial charge in [-0.05, 0) is 26.3 Å². The summed E-state index contributed by atoms with van der Waals surface area (Å²) in [6.07, 6.45) is -2.19. The van der Waals surface area contributed by atoms with Gasteiger partial charge < -0.3 is 10.6 Å². The van der Waals surface area contributed by atoms with Crippen LogP contribution in [0.5, 0.6) is 0 Å². The van der Waals surface area contributed by atoms with Crippen LogP contribution in [0.15, 0.2) is 6.20 Å². The maximum Gasteiger partial charge on any atom is 0.433 e. The zero-order valence-corrected chi connectivity index (χ0v) is 11.1. The summed E-state index contributed by atoms with van der Waals surface area (Å²) >= 11 is 0. The summed E-state index contributed by atoms with van der Waals surface area (Å²) in [6.45, 7) is 3.15. The van der Waals surface area contributed by atoms with E-state index in [4.69, 9.17) is 0 Å². The van der Waals surface area contributed by atoms with Crippen molar-refractivity contribution < 1.29 is 18.0 Å². The molecule has 0 radical (unpaired) electrons. The van der Waals surface area contributed by atoms with Crippen LogP contribution in [0.3, 0.4) is 0 Å². The summed E-state index contributed by atoms with van der Waals surface area (Å²) in [4.78, 5) is 11.7. The lowest BCUT2D eigenvalue weighted by Crippen LogP contribution is -2.34. The first-order valence-electron chi connectivity index (χ1n) is 6.58. The molecule has 1 aliphatic heterocycles. The summed E-state index contributed by atoms with van der Waals surface area (Å²) in [5.41, 5.74) is -1.37. The van der Waals surface area contributed by atoms with E-state index in [2.05, 4.69) is 15.7 Å². The number of piperidine rings is 1. The van der Waals surface area contributed by atoms with E-state index < -0.39 is 23.3 Å². The second-order valence-electron chi connectivity index (χ2n) is 4.71. The molecule has 1 aromatic rings. The van der Waals surface area contributed by atoms with Crippen LogP contribution in [0.25, 0.3) is 0 Å². The first kappa shape index (κ1) is 14.8. The topological polar surface area (TPSA) is 59.0 Å². The number of amides is 1. The van der Waals surface area contributed by atoms with E-state index in [1.54, 1.807) is 6.92 Å². The van der Waals surface area contributed by atoms with E-state index in [1.807, 2.05) is 0 Å². The van der Waals surface area contributed by atoms with Crippen molar-refractivity contribution in [1.29, 1.82) is 0 Å². The molecule has 1 fully saturated rings. The molecule has 0 saturated carbocycles. The summed E-state index contributed by atoms with van der Waals surface area (Å²) in [6, 6.07) is -0.372. The number of nitrogens with one attached hydrogen (secondary N) is 2. The molecule has 5 nitrogen and oxygen atoms in total. The highest BCUT2D eigenvalue weighted by Gasteiger charge is 2.41. The number of aromatic nitrogens is 2. The smallest absolute Gasteiger partial charge is 0.352 e. The van der Waals surface area contributed by atoms with Gasteiger partial charge in [0.1, 0.15) is 0 Å². The maximum absolute atomic E-state index is 13.2. The molecule has 1 amide bonds. The predicted molar refractivity (Wildman–Crippen MR) is 66.4 cm³/mol. The van der Waals surface area contributed by atoms with Crippen LogP contribution in [-0.2, 0) is 6.18 Å². The lowest BCUT2D eigenvalue weighted by atomic mass is 10.1. The molecule has 8 heteroatoms. The number of hydrogen-bond acceptors (Lipinski definition) is 3. The van der Waals surface area contributed by atoms with Gasteiger partial charge >= 0.3 is 6.18 Å². The summed E-state index contributed by atoms with van der Waals surface area (Å²) in [5.74, 6) is -0.741.